The number of nitriles is 1. The Labute approximate surface area is 228 Å². The van der Waals surface area contributed by atoms with E-state index in [2.05, 4.69) is 10.1 Å². The zero-order chi connectivity index (χ0) is 28.6. The zero-order valence-electron chi connectivity index (χ0n) is 22.1. The van der Waals surface area contributed by atoms with Crippen molar-refractivity contribution in [3.63, 3.8) is 0 Å². The summed E-state index contributed by atoms with van der Waals surface area (Å²) in [5, 5.41) is 13.8. The molecule has 0 spiro atoms. The van der Waals surface area contributed by atoms with E-state index in [9.17, 15) is 23.6 Å². The number of amides is 1. The number of likely N-dealkylation sites (tertiary alicyclic amines) is 1. The van der Waals surface area contributed by atoms with Gasteiger partial charge in [0.1, 0.15) is 35.1 Å². The fraction of sp³-hybridized carbons (Fsp3) is 0.321. The van der Waals surface area contributed by atoms with Crippen LogP contribution in [-0.4, -0.2) is 49.0 Å². The Morgan fingerprint density at radius 3 is 2.55 bits per heavy atom. The van der Waals surface area contributed by atoms with Crippen LogP contribution in [0.15, 0.2) is 53.8 Å². The lowest BCUT2D eigenvalue weighted by atomic mass is 10.1. The minimum atomic E-state index is -0.920. The number of aromatic nitrogens is 4. The highest BCUT2D eigenvalue weighted by atomic mass is 19.1. The number of hydrogen-bond acceptors (Lipinski definition) is 7. The largest absolute Gasteiger partial charge is 0.453 e. The third-order valence-corrected chi connectivity index (χ3v) is 6.48. The van der Waals surface area contributed by atoms with Gasteiger partial charge in [-0.2, -0.15) is 10.4 Å². The van der Waals surface area contributed by atoms with Gasteiger partial charge < -0.3 is 14.4 Å². The number of ether oxygens (including phenoxy) is 2. The average molecular weight is 549 g/mol. The van der Waals surface area contributed by atoms with Gasteiger partial charge in [0.05, 0.1) is 28.8 Å². The monoisotopic (exact) mass is 548 g/mol. The van der Waals surface area contributed by atoms with Gasteiger partial charge in [0.25, 0.3) is 5.56 Å². The molecule has 3 heterocycles. The van der Waals surface area contributed by atoms with Gasteiger partial charge in [-0.05, 0) is 63.9 Å². The minimum Gasteiger partial charge on any atom is -0.453 e. The minimum absolute atomic E-state index is 0.0343. The number of hydrogen-bond donors (Lipinski definition) is 0. The normalized spacial score (nSPS) is 14.2. The summed E-state index contributed by atoms with van der Waals surface area (Å²) in [6, 6.07) is 7.66. The second kappa shape index (κ2) is 10.4. The van der Waals surface area contributed by atoms with Gasteiger partial charge in [-0.25, -0.2) is 18.6 Å². The first kappa shape index (κ1) is 26.8. The average Bonchev–Trinajstić information content (AvgIpc) is 3.40. The lowest BCUT2D eigenvalue weighted by molar-refractivity contribution is 0.0184. The highest BCUT2D eigenvalue weighted by molar-refractivity contribution is 5.79. The number of rotatable bonds is 4. The summed E-state index contributed by atoms with van der Waals surface area (Å²) in [5.74, 6) is -2.36. The highest BCUT2D eigenvalue weighted by Crippen LogP contribution is 2.31. The lowest BCUT2D eigenvalue weighted by Crippen LogP contribution is -2.42. The van der Waals surface area contributed by atoms with Gasteiger partial charge in [-0.1, -0.05) is 0 Å². The Morgan fingerprint density at radius 2 is 1.85 bits per heavy atom. The zero-order valence-corrected chi connectivity index (χ0v) is 22.1. The summed E-state index contributed by atoms with van der Waals surface area (Å²) in [5.41, 5.74) is -0.698. The molecule has 10 nitrogen and oxygen atoms in total. The third kappa shape index (κ3) is 5.36. The molecular weight excluding hydrogens is 522 g/mol. The fourth-order valence-electron chi connectivity index (χ4n) is 4.50. The molecule has 206 valence electrons. The number of halogens is 2. The molecule has 40 heavy (non-hydrogen) atoms. The van der Waals surface area contributed by atoms with E-state index in [1.807, 2.05) is 20.8 Å². The highest BCUT2D eigenvalue weighted by Gasteiger charge is 2.28. The molecule has 0 atom stereocenters. The molecule has 4 aromatic rings. The van der Waals surface area contributed by atoms with Gasteiger partial charge in [-0.3, -0.25) is 14.0 Å². The van der Waals surface area contributed by atoms with Crippen molar-refractivity contribution in [2.45, 2.75) is 45.3 Å². The Hall–Kier alpha value is -4.79. The summed E-state index contributed by atoms with van der Waals surface area (Å²) < 4.78 is 42.3. The van der Waals surface area contributed by atoms with Crippen molar-refractivity contribution in [2.24, 2.45) is 0 Å². The summed E-state index contributed by atoms with van der Waals surface area (Å²) in [6.07, 6.45) is 5.69. The molecule has 1 amide bonds. The van der Waals surface area contributed by atoms with Crippen LogP contribution in [0.4, 0.5) is 13.6 Å². The Kier molecular flexibility index (Phi) is 6.97. The van der Waals surface area contributed by atoms with E-state index in [-0.39, 0.29) is 23.3 Å². The fourth-order valence-corrected chi connectivity index (χ4v) is 4.50. The molecule has 1 aliphatic rings. The van der Waals surface area contributed by atoms with Crippen LogP contribution in [0.5, 0.6) is 11.5 Å². The van der Waals surface area contributed by atoms with E-state index in [4.69, 9.17) is 9.47 Å². The molecule has 0 aliphatic carbocycles. The predicted molar refractivity (Wildman–Crippen MR) is 140 cm³/mol. The molecule has 1 fully saturated rings. The Morgan fingerprint density at radius 1 is 1.12 bits per heavy atom. The maximum atomic E-state index is 14.3. The molecule has 12 heteroatoms. The van der Waals surface area contributed by atoms with E-state index in [1.54, 1.807) is 28.0 Å². The third-order valence-electron chi connectivity index (χ3n) is 6.48. The molecule has 0 bridgehead atoms. The molecule has 0 unspecified atom stereocenters. The topological polar surface area (TPSA) is 115 Å². The maximum Gasteiger partial charge on any atom is 0.410 e. The number of nitrogens with zero attached hydrogens (tertiary/aromatic N) is 6. The van der Waals surface area contributed by atoms with Crippen LogP contribution in [-0.2, 0) is 4.74 Å². The summed E-state index contributed by atoms with van der Waals surface area (Å²) in [7, 11) is 0. The van der Waals surface area contributed by atoms with Crippen LogP contribution >= 0.6 is 0 Å². The van der Waals surface area contributed by atoms with Crippen LogP contribution in [0.3, 0.4) is 0 Å². The standard InChI is InChI=1S/C28H26F2N6O4/c1-28(2,3)40-27(38)34-10-8-17(9-11-34)36-15-18(14-33-36)35-16-32-24-7-4-19(12-20(24)26(35)37)39-25-21(13-31)22(29)5-6-23(25)30/h4-7,12,14-17H,8-11H2,1-3H3. The van der Waals surface area contributed by atoms with Crippen molar-refractivity contribution in [1.29, 1.82) is 5.26 Å². The van der Waals surface area contributed by atoms with Crippen molar-refractivity contribution < 1.29 is 23.0 Å². The molecule has 2 aromatic carbocycles. The second-order valence-corrected chi connectivity index (χ2v) is 10.4. The smallest absolute Gasteiger partial charge is 0.410 e. The Balaban J connectivity index is 1.36. The summed E-state index contributed by atoms with van der Waals surface area (Å²) in [4.78, 5) is 31.8. The van der Waals surface area contributed by atoms with Crippen molar-refractivity contribution in [3.8, 4) is 23.3 Å². The maximum absolute atomic E-state index is 14.3. The molecule has 1 saturated heterocycles. The first-order valence-corrected chi connectivity index (χ1v) is 12.6. The predicted octanol–water partition coefficient (Wildman–Crippen LogP) is 5.10. The van der Waals surface area contributed by atoms with Crippen molar-refractivity contribution in [2.75, 3.05) is 13.1 Å². The summed E-state index contributed by atoms with van der Waals surface area (Å²) >= 11 is 0. The number of carbonyl (C=O) groups excluding carboxylic acids is 1. The number of carbonyl (C=O) groups is 1. The van der Waals surface area contributed by atoms with Crippen molar-refractivity contribution in [3.05, 3.63) is 76.6 Å². The van der Waals surface area contributed by atoms with Crippen LogP contribution in [0.2, 0.25) is 0 Å². The van der Waals surface area contributed by atoms with E-state index in [1.165, 1.54) is 29.1 Å². The van der Waals surface area contributed by atoms with Crippen molar-refractivity contribution >= 4 is 17.0 Å². The van der Waals surface area contributed by atoms with Gasteiger partial charge >= 0.3 is 6.09 Å². The number of piperidine rings is 1. The molecule has 2 aromatic heterocycles. The number of fused-ring (bicyclic) bond motifs is 1. The quantitative estimate of drug-likeness (QED) is 0.349. The molecule has 1 aliphatic heterocycles. The van der Waals surface area contributed by atoms with Crippen LogP contribution in [0, 0.1) is 23.0 Å². The first-order chi connectivity index (χ1) is 19.0. The van der Waals surface area contributed by atoms with E-state index >= 15 is 0 Å². The molecule has 0 radical (unpaired) electrons. The van der Waals surface area contributed by atoms with E-state index < -0.39 is 34.1 Å². The molecular formula is C28H26F2N6O4. The lowest BCUT2D eigenvalue weighted by Gasteiger charge is -2.33. The number of benzene rings is 2. The molecule has 0 saturated carbocycles. The van der Waals surface area contributed by atoms with Crippen LogP contribution in [0.1, 0.15) is 45.2 Å². The van der Waals surface area contributed by atoms with E-state index in [0.717, 1.165) is 12.1 Å². The van der Waals surface area contributed by atoms with Crippen LogP contribution < -0.4 is 10.3 Å². The first-order valence-electron chi connectivity index (χ1n) is 12.6. The van der Waals surface area contributed by atoms with Crippen molar-refractivity contribution in [1.82, 2.24) is 24.2 Å². The van der Waals surface area contributed by atoms with Gasteiger partial charge in [0.2, 0.25) is 0 Å². The second-order valence-electron chi connectivity index (χ2n) is 10.4. The summed E-state index contributed by atoms with van der Waals surface area (Å²) in [6.45, 7) is 6.53. The SMILES string of the molecule is CC(C)(C)OC(=O)N1CCC(n2cc(-n3cnc4ccc(Oc5c(F)ccc(F)c5C#N)cc4c3=O)cn2)CC1. The van der Waals surface area contributed by atoms with E-state index in [0.29, 0.717) is 37.1 Å². The van der Waals surface area contributed by atoms with Gasteiger partial charge in [0.15, 0.2) is 11.6 Å². The molecule has 0 N–H and O–H groups in total. The molecule has 5 rings (SSSR count). The van der Waals surface area contributed by atoms with Crippen LogP contribution in [0.25, 0.3) is 16.6 Å². The Bertz CT molecular complexity index is 1690. The van der Waals surface area contributed by atoms with Gasteiger partial charge in [-0.15, -0.1) is 0 Å². The van der Waals surface area contributed by atoms with Gasteiger partial charge in [0, 0.05) is 19.3 Å².